The van der Waals surface area contributed by atoms with Crippen LogP contribution in [0.2, 0.25) is 5.82 Å². The van der Waals surface area contributed by atoms with E-state index >= 15 is 0 Å². The summed E-state index contributed by atoms with van der Waals surface area (Å²) in [6, 6.07) is 0. The molecule has 2 radical (unpaired) electrons. The number of epoxide rings is 1. The fourth-order valence-electron chi connectivity index (χ4n) is 1.17. The molecule has 0 aromatic rings. The molecule has 2 fully saturated rings. The Hall–Kier alpha value is -0.305. The number of ether oxygens (including phenoxy) is 1. The Kier molecular flexibility index (Phi) is 0.660. The van der Waals surface area contributed by atoms with Gasteiger partial charge in [0.25, 0.3) is 0 Å². The molecule has 2 aliphatic rings. The first-order valence-corrected chi connectivity index (χ1v) is 2.73. The van der Waals surface area contributed by atoms with E-state index in [2.05, 4.69) is 0 Å². The number of fused-ring (bicyclic) bond motifs is 1. The molecule has 0 bridgehead atoms. The molecule has 8 heavy (non-hydrogen) atoms. The predicted molar refractivity (Wildman–Crippen MR) is 27.8 cm³/mol. The van der Waals surface area contributed by atoms with Gasteiger partial charge < -0.3 is 4.74 Å². The smallest absolute Gasteiger partial charge is 0.163 e. The number of hydrogen-bond acceptors (Lipinski definition) is 2. The summed E-state index contributed by atoms with van der Waals surface area (Å²) in [4.78, 5) is 10.6. The first-order chi connectivity index (χ1) is 3.79. The van der Waals surface area contributed by atoms with E-state index in [4.69, 9.17) is 12.6 Å². The van der Waals surface area contributed by atoms with Gasteiger partial charge in [-0.2, -0.15) is 0 Å². The maximum atomic E-state index is 10.6. The van der Waals surface area contributed by atoms with Crippen molar-refractivity contribution in [2.45, 2.75) is 24.4 Å². The summed E-state index contributed by atoms with van der Waals surface area (Å²) in [7, 11) is 5.46. The molecular formula is C5H5BO2. The molecule has 0 N–H and O–H groups in total. The fourth-order valence-corrected chi connectivity index (χ4v) is 1.17. The van der Waals surface area contributed by atoms with E-state index in [-0.39, 0.29) is 23.8 Å². The van der Waals surface area contributed by atoms with E-state index in [1.165, 1.54) is 0 Å². The molecular weight excluding hydrogens is 103 g/mol. The van der Waals surface area contributed by atoms with Crippen LogP contribution in [-0.4, -0.2) is 25.8 Å². The van der Waals surface area contributed by atoms with Gasteiger partial charge in [0, 0.05) is 6.42 Å². The highest BCUT2D eigenvalue weighted by Gasteiger charge is 2.53. The van der Waals surface area contributed by atoms with Gasteiger partial charge in [-0.25, -0.2) is 0 Å². The third-order valence-corrected chi connectivity index (χ3v) is 1.70. The Morgan fingerprint density at radius 1 is 1.75 bits per heavy atom. The summed E-state index contributed by atoms with van der Waals surface area (Å²) < 4.78 is 4.90. The minimum atomic E-state index is -0.106. The minimum Gasteiger partial charge on any atom is -0.362 e. The number of carbonyl (C=O) groups is 1. The zero-order chi connectivity index (χ0) is 5.72. The van der Waals surface area contributed by atoms with Crippen LogP contribution in [0, 0.1) is 0 Å². The monoisotopic (exact) mass is 108 g/mol. The van der Waals surface area contributed by atoms with Crippen molar-refractivity contribution in [1.82, 2.24) is 0 Å². The molecule has 0 aromatic heterocycles. The van der Waals surface area contributed by atoms with Crippen LogP contribution in [0.25, 0.3) is 0 Å². The van der Waals surface area contributed by atoms with Gasteiger partial charge >= 0.3 is 0 Å². The average Bonchev–Trinajstić information content (AvgIpc) is 2.35. The van der Waals surface area contributed by atoms with Crippen LogP contribution >= 0.6 is 0 Å². The van der Waals surface area contributed by atoms with E-state index < -0.39 is 0 Å². The molecule has 3 heteroatoms. The second kappa shape index (κ2) is 1.16. The molecule has 0 spiro atoms. The first-order valence-electron chi connectivity index (χ1n) is 2.73. The van der Waals surface area contributed by atoms with E-state index in [9.17, 15) is 4.79 Å². The Bertz CT molecular complexity index is 145. The number of ketones is 1. The summed E-state index contributed by atoms with van der Waals surface area (Å²) in [5.74, 6) is 0.176. The van der Waals surface area contributed by atoms with E-state index in [1.54, 1.807) is 0 Å². The number of hydrogen-bond donors (Lipinski definition) is 0. The highest BCUT2D eigenvalue weighted by Crippen LogP contribution is 2.42. The highest BCUT2D eigenvalue weighted by molar-refractivity contribution is 6.16. The molecule has 1 heterocycles. The Morgan fingerprint density at radius 3 is 2.62 bits per heavy atom. The fraction of sp³-hybridized carbons (Fsp3) is 0.800. The van der Waals surface area contributed by atoms with Crippen molar-refractivity contribution in [3.63, 3.8) is 0 Å². The maximum Gasteiger partial charge on any atom is 0.163 e. The second-order valence-corrected chi connectivity index (χ2v) is 2.36. The van der Waals surface area contributed by atoms with E-state index in [0.717, 1.165) is 0 Å². The quantitative estimate of drug-likeness (QED) is 0.314. The molecule has 0 amide bonds. The molecule has 1 aliphatic carbocycles. The van der Waals surface area contributed by atoms with Gasteiger partial charge in [-0.15, -0.1) is 0 Å². The molecule has 2 rings (SSSR count). The van der Waals surface area contributed by atoms with Crippen LogP contribution in [0.5, 0.6) is 0 Å². The van der Waals surface area contributed by atoms with Crippen LogP contribution < -0.4 is 0 Å². The molecule has 1 aliphatic heterocycles. The Morgan fingerprint density at radius 2 is 2.50 bits per heavy atom. The summed E-state index contributed by atoms with van der Waals surface area (Å²) in [5, 5.41) is 0. The van der Waals surface area contributed by atoms with Crippen LogP contribution in [0.3, 0.4) is 0 Å². The van der Waals surface area contributed by atoms with Gasteiger partial charge in [-0.3, -0.25) is 4.79 Å². The Labute approximate surface area is 48.6 Å². The standard InChI is InChI=1S/C5H5BO2/c6-2-1-3(7)5-4(2)8-5/h2,4-5H,1H2/t2-,4?,5?/m1/s1. The summed E-state index contributed by atoms with van der Waals surface area (Å²) in [5.41, 5.74) is 0. The van der Waals surface area contributed by atoms with Crippen LogP contribution in [0.1, 0.15) is 6.42 Å². The predicted octanol–water partition coefficient (Wildman–Crippen LogP) is -0.316. The van der Waals surface area contributed by atoms with Crippen molar-refractivity contribution in [2.24, 2.45) is 0 Å². The summed E-state index contributed by atoms with van der Waals surface area (Å²) >= 11 is 0. The molecule has 40 valence electrons. The zero-order valence-corrected chi connectivity index (χ0v) is 4.33. The lowest BCUT2D eigenvalue weighted by atomic mass is 9.85. The lowest BCUT2D eigenvalue weighted by Gasteiger charge is -1.96. The summed E-state index contributed by atoms with van der Waals surface area (Å²) in [6.07, 6.45) is 0.502. The zero-order valence-electron chi connectivity index (χ0n) is 4.33. The summed E-state index contributed by atoms with van der Waals surface area (Å²) in [6.45, 7) is 0. The van der Waals surface area contributed by atoms with Gasteiger partial charge in [0.05, 0.1) is 14.0 Å². The second-order valence-electron chi connectivity index (χ2n) is 2.36. The minimum absolute atomic E-state index is 0.00694. The van der Waals surface area contributed by atoms with Crippen molar-refractivity contribution in [3.05, 3.63) is 0 Å². The van der Waals surface area contributed by atoms with Gasteiger partial charge in [0.1, 0.15) is 6.10 Å². The molecule has 1 saturated carbocycles. The van der Waals surface area contributed by atoms with Crippen LogP contribution in [0.15, 0.2) is 0 Å². The number of rotatable bonds is 0. The lowest BCUT2D eigenvalue weighted by Crippen LogP contribution is -2.00. The SMILES string of the molecule is [B][C@@H]1CC(=O)C2OC21. The van der Waals surface area contributed by atoms with Gasteiger partial charge in [-0.1, -0.05) is 0 Å². The van der Waals surface area contributed by atoms with Crippen molar-refractivity contribution in [3.8, 4) is 0 Å². The van der Waals surface area contributed by atoms with Crippen LogP contribution in [0.4, 0.5) is 0 Å². The van der Waals surface area contributed by atoms with Crippen molar-refractivity contribution in [1.29, 1.82) is 0 Å². The highest BCUT2D eigenvalue weighted by atomic mass is 16.6. The average molecular weight is 108 g/mol. The Balaban J connectivity index is 2.19. The molecule has 1 saturated heterocycles. The van der Waals surface area contributed by atoms with Crippen molar-refractivity contribution < 1.29 is 9.53 Å². The first kappa shape index (κ1) is 4.56. The van der Waals surface area contributed by atoms with Gasteiger partial charge in [0.15, 0.2) is 5.78 Å². The van der Waals surface area contributed by atoms with E-state index in [0.29, 0.717) is 6.42 Å². The maximum absolute atomic E-state index is 10.6. The lowest BCUT2D eigenvalue weighted by molar-refractivity contribution is -0.119. The largest absolute Gasteiger partial charge is 0.362 e. The van der Waals surface area contributed by atoms with Gasteiger partial charge in [-0.05, 0) is 5.82 Å². The topological polar surface area (TPSA) is 29.6 Å². The molecule has 2 unspecified atom stereocenters. The molecule has 2 nitrogen and oxygen atoms in total. The number of Topliss-reactive ketones (excluding diaryl/α,β-unsaturated/α-hetero) is 1. The van der Waals surface area contributed by atoms with Gasteiger partial charge in [0.2, 0.25) is 0 Å². The third kappa shape index (κ3) is 0.401. The third-order valence-electron chi connectivity index (χ3n) is 1.70. The van der Waals surface area contributed by atoms with Crippen molar-refractivity contribution in [2.75, 3.05) is 0 Å². The molecule has 3 atom stereocenters. The van der Waals surface area contributed by atoms with Crippen LogP contribution in [-0.2, 0) is 9.53 Å². The molecule has 0 aromatic carbocycles. The van der Waals surface area contributed by atoms with Crippen molar-refractivity contribution >= 4 is 13.6 Å². The number of carbonyl (C=O) groups excluding carboxylic acids is 1. The normalized spacial score (nSPS) is 51.5. The van der Waals surface area contributed by atoms with E-state index in [1.807, 2.05) is 0 Å².